The predicted octanol–water partition coefficient (Wildman–Crippen LogP) is 2.36. The Balaban J connectivity index is 1.97. The van der Waals surface area contributed by atoms with Crippen LogP contribution in [0.15, 0.2) is 47.4 Å². The van der Waals surface area contributed by atoms with Crippen LogP contribution in [0.3, 0.4) is 0 Å². The van der Waals surface area contributed by atoms with Gasteiger partial charge in [-0.3, -0.25) is 4.79 Å². The molecule has 35 heavy (non-hydrogen) atoms. The number of nitrogens with zero attached hydrogens (tertiary/aromatic N) is 3. The zero-order valence-electron chi connectivity index (χ0n) is 20.8. The Morgan fingerprint density at radius 2 is 1.83 bits per heavy atom. The number of fused-ring (bicyclic) bond motifs is 1. The Morgan fingerprint density at radius 3 is 2.43 bits per heavy atom. The summed E-state index contributed by atoms with van der Waals surface area (Å²) in [5.41, 5.74) is 1.60. The standard InChI is InChI=1S/C25H34FN3O5S/c1-17-14-29(18(2)16-30)25(31)13-19-12-21(27(3)4)8-11-23(19)34-24(17)15-28(5)35(32,33)22-9-6-20(26)7-10-22/h6-12,17-18,24,30H,13-16H2,1-5H3/t17-,18-,24+/m1/s1. The third kappa shape index (κ3) is 6.12. The molecule has 2 aromatic carbocycles. The fourth-order valence-electron chi connectivity index (χ4n) is 4.05. The van der Waals surface area contributed by atoms with E-state index in [1.807, 2.05) is 38.1 Å². The molecule has 2 aromatic rings. The maximum absolute atomic E-state index is 13.3. The van der Waals surface area contributed by atoms with Crippen molar-refractivity contribution in [1.29, 1.82) is 0 Å². The third-order valence-electron chi connectivity index (χ3n) is 6.38. The number of likely N-dealkylation sites (N-methyl/N-ethyl adjacent to an activating group) is 1. The molecule has 1 aliphatic rings. The molecule has 0 fully saturated rings. The number of carbonyl (C=O) groups excluding carboxylic acids is 1. The molecule has 0 aromatic heterocycles. The lowest BCUT2D eigenvalue weighted by Crippen LogP contribution is -2.48. The van der Waals surface area contributed by atoms with Crippen molar-refractivity contribution >= 4 is 21.6 Å². The zero-order valence-corrected chi connectivity index (χ0v) is 21.6. The van der Waals surface area contributed by atoms with Gasteiger partial charge in [-0.2, -0.15) is 4.31 Å². The Hall–Kier alpha value is -2.69. The van der Waals surface area contributed by atoms with Crippen molar-refractivity contribution in [1.82, 2.24) is 9.21 Å². The van der Waals surface area contributed by atoms with Crippen LogP contribution in [0, 0.1) is 11.7 Å². The summed E-state index contributed by atoms with van der Waals surface area (Å²) in [7, 11) is 1.37. The zero-order chi connectivity index (χ0) is 25.9. The lowest BCUT2D eigenvalue weighted by Gasteiger charge is -2.33. The average Bonchev–Trinajstić information content (AvgIpc) is 2.86. The maximum Gasteiger partial charge on any atom is 0.242 e. The number of hydrogen-bond donors (Lipinski definition) is 1. The molecule has 0 saturated carbocycles. The first kappa shape index (κ1) is 26.9. The molecule has 0 saturated heterocycles. The number of aliphatic hydroxyl groups is 1. The lowest BCUT2D eigenvalue weighted by molar-refractivity contribution is -0.134. The fraction of sp³-hybridized carbons (Fsp3) is 0.480. The topological polar surface area (TPSA) is 90.4 Å². The van der Waals surface area contributed by atoms with E-state index in [9.17, 15) is 22.7 Å². The first-order valence-corrected chi connectivity index (χ1v) is 13.0. The van der Waals surface area contributed by atoms with E-state index in [0.29, 0.717) is 17.9 Å². The normalized spacial score (nSPS) is 19.9. The van der Waals surface area contributed by atoms with Crippen LogP contribution >= 0.6 is 0 Å². The van der Waals surface area contributed by atoms with Gasteiger partial charge in [0.15, 0.2) is 0 Å². The number of aliphatic hydroxyl groups excluding tert-OH is 1. The van der Waals surface area contributed by atoms with Gasteiger partial charge in [0.05, 0.1) is 30.5 Å². The molecule has 0 spiro atoms. The predicted molar refractivity (Wildman–Crippen MR) is 133 cm³/mol. The maximum atomic E-state index is 13.3. The Morgan fingerprint density at radius 1 is 1.17 bits per heavy atom. The lowest BCUT2D eigenvalue weighted by atomic mass is 10.0. The number of rotatable bonds is 7. The highest BCUT2D eigenvalue weighted by atomic mass is 32.2. The number of amides is 1. The smallest absolute Gasteiger partial charge is 0.242 e. The van der Waals surface area contributed by atoms with Crippen molar-refractivity contribution in [2.45, 2.75) is 37.3 Å². The summed E-state index contributed by atoms with van der Waals surface area (Å²) in [6.07, 6.45) is -0.483. The molecule has 0 unspecified atom stereocenters. The van der Waals surface area contributed by atoms with Crippen LogP contribution in [-0.2, 0) is 21.2 Å². The largest absolute Gasteiger partial charge is 0.488 e. The van der Waals surface area contributed by atoms with E-state index < -0.39 is 28.0 Å². The molecule has 1 heterocycles. The van der Waals surface area contributed by atoms with Crippen LogP contribution in [0.4, 0.5) is 10.1 Å². The highest BCUT2D eigenvalue weighted by Crippen LogP contribution is 2.30. The monoisotopic (exact) mass is 507 g/mol. The molecule has 8 nitrogen and oxygen atoms in total. The Labute approximate surface area is 207 Å². The summed E-state index contributed by atoms with van der Waals surface area (Å²) >= 11 is 0. The summed E-state index contributed by atoms with van der Waals surface area (Å²) in [6.45, 7) is 3.80. The van der Waals surface area contributed by atoms with Gasteiger partial charge in [-0.1, -0.05) is 6.92 Å². The molecule has 0 radical (unpaired) electrons. The molecule has 0 bridgehead atoms. The van der Waals surface area contributed by atoms with Crippen molar-refractivity contribution in [3.05, 3.63) is 53.8 Å². The molecule has 10 heteroatoms. The highest BCUT2D eigenvalue weighted by molar-refractivity contribution is 7.89. The number of ether oxygens (including phenoxy) is 1. The summed E-state index contributed by atoms with van der Waals surface area (Å²) in [5, 5.41) is 9.75. The molecule has 0 aliphatic carbocycles. The molecule has 3 atom stereocenters. The second-order valence-corrected chi connectivity index (χ2v) is 11.4. The van der Waals surface area contributed by atoms with Gasteiger partial charge in [-0.05, 0) is 49.4 Å². The van der Waals surface area contributed by atoms with Crippen LogP contribution in [0.2, 0.25) is 0 Å². The van der Waals surface area contributed by atoms with Crippen molar-refractivity contribution in [2.75, 3.05) is 45.7 Å². The molecule has 3 rings (SSSR count). The number of carbonyl (C=O) groups is 1. The van der Waals surface area contributed by atoms with Gasteiger partial charge in [0.1, 0.15) is 17.7 Å². The number of hydrogen-bond acceptors (Lipinski definition) is 6. The SMILES string of the molecule is C[C@@H]1CN([C@H](C)CO)C(=O)Cc2cc(N(C)C)ccc2O[C@H]1CN(C)S(=O)(=O)c1ccc(F)cc1. The average molecular weight is 508 g/mol. The van der Waals surface area contributed by atoms with Gasteiger partial charge in [-0.25, -0.2) is 12.8 Å². The second kappa shape index (κ2) is 10.9. The van der Waals surface area contributed by atoms with Gasteiger partial charge in [0.2, 0.25) is 15.9 Å². The minimum Gasteiger partial charge on any atom is -0.488 e. The van der Waals surface area contributed by atoms with Gasteiger partial charge in [-0.15, -0.1) is 0 Å². The molecule has 1 amide bonds. The molecular weight excluding hydrogens is 473 g/mol. The van der Waals surface area contributed by atoms with E-state index >= 15 is 0 Å². The first-order chi connectivity index (χ1) is 16.4. The van der Waals surface area contributed by atoms with Crippen LogP contribution in [0.1, 0.15) is 19.4 Å². The minimum atomic E-state index is -3.89. The van der Waals surface area contributed by atoms with E-state index in [1.165, 1.54) is 23.5 Å². The molecular formula is C25H34FN3O5S. The minimum absolute atomic E-state index is 0.0150. The number of anilines is 1. The van der Waals surface area contributed by atoms with Crippen LogP contribution < -0.4 is 9.64 Å². The van der Waals surface area contributed by atoms with Crippen LogP contribution in [0.25, 0.3) is 0 Å². The molecule has 192 valence electrons. The molecule has 1 N–H and O–H groups in total. The van der Waals surface area contributed by atoms with E-state index in [4.69, 9.17) is 4.74 Å². The Bertz CT molecular complexity index is 1140. The summed E-state index contributed by atoms with van der Waals surface area (Å²) in [4.78, 5) is 16.8. The van der Waals surface area contributed by atoms with E-state index in [2.05, 4.69) is 0 Å². The fourth-order valence-corrected chi connectivity index (χ4v) is 5.23. The number of halogens is 1. The Kier molecular flexibility index (Phi) is 8.40. The molecule has 1 aliphatic heterocycles. The quantitative estimate of drug-likeness (QED) is 0.619. The van der Waals surface area contributed by atoms with Gasteiger partial charge in [0, 0.05) is 44.9 Å². The van der Waals surface area contributed by atoms with Crippen LogP contribution in [-0.4, -0.2) is 81.6 Å². The van der Waals surface area contributed by atoms with Crippen molar-refractivity contribution < 1.29 is 27.4 Å². The first-order valence-electron chi connectivity index (χ1n) is 11.5. The van der Waals surface area contributed by atoms with Gasteiger partial charge >= 0.3 is 0 Å². The van der Waals surface area contributed by atoms with Crippen molar-refractivity contribution in [3.8, 4) is 5.75 Å². The van der Waals surface area contributed by atoms with Crippen molar-refractivity contribution in [3.63, 3.8) is 0 Å². The van der Waals surface area contributed by atoms with E-state index in [-0.39, 0.29) is 36.3 Å². The van der Waals surface area contributed by atoms with E-state index in [1.54, 1.807) is 17.9 Å². The third-order valence-corrected chi connectivity index (χ3v) is 8.21. The van der Waals surface area contributed by atoms with Crippen LogP contribution in [0.5, 0.6) is 5.75 Å². The summed E-state index contributed by atoms with van der Waals surface area (Å²) in [6, 6.07) is 9.86. The van der Waals surface area contributed by atoms with Gasteiger partial charge < -0.3 is 19.6 Å². The number of benzene rings is 2. The number of sulfonamides is 1. The van der Waals surface area contributed by atoms with Gasteiger partial charge in [0.25, 0.3) is 0 Å². The highest BCUT2D eigenvalue weighted by Gasteiger charge is 2.33. The van der Waals surface area contributed by atoms with Crippen molar-refractivity contribution in [2.24, 2.45) is 5.92 Å². The van der Waals surface area contributed by atoms with E-state index in [0.717, 1.165) is 17.8 Å². The summed E-state index contributed by atoms with van der Waals surface area (Å²) < 4.78 is 47.1. The summed E-state index contributed by atoms with van der Waals surface area (Å²) in [5.74, 6) is -0.381. The second-order valence-electron chi connectivity index (χ2n) is 9.31.